The Morgan fingerprint density at radius 1 is 1.12 bits per heavy atom. The van der Waals surface area contributed by atoms with Crippen LogP contribution in [0.5, 0.6) is 0 Å². The zero-order valence-corrected chi connectivity index (χ0v) is 14.0. The van der Waals surface area contributed by atoms with E-state index in [1.165, 1.54) is 6.20 Å². The molecule has 1 saturated carbocycles. The van der Waals surface area contributed by atoms with Crippen LogP contribution in [0.3, 0.4) is 0 Å². The standard InChI is InChI=1S/C17H20F3N5O/c18-17(19,20)15-9-10-25(24-15)14-7-5-13(6-8-14)23-16(26)22-12-3-1-11(21)2-4-12/h5-12H,1-4,21H2,(H2,22,23,26). The van der Waals surface area contributed by atoms with Gasteiger partial charge in [0.05, 0.1) is 5.69 Å². The van der Waals surface area contributed by atoms with Gasteiger partial charge >= 0.3 is 12.2 Å². The number of hydrogen-bond acceptors (Lipinski definition) is 3. The Hall–Kier alpha value is -2.55. The molecule has 6 nitrogen and oxygen atoms in total. The van der Waals surface area contributed by atoms with Gasteiger partial charge in [0.15, 0.2) is 5.69 Å². The molecule has 1 aliphatic carbocycles. The third-order valence-corrected chi connectivity index (χ3v) is 4.38. The number of alkyl halides is 3. The van der Waals surface area contributed by atoms with Crippen molar-refractivity contribution in [1.82, 2.24) is 15.1 Å². The second-order valence-corrected chi connectivity index (χ2v) is 6.40. The third-order valence-electron chi connectivity index (χ3n) is 4.38. The molecule has 0 unspecified atom stereocenters. The van der Waals surface area contributed by atoms with E-state index in [1.54, 1.807) is 24.3 Å². The molecule has 140 valence electrons. The Morgan fingerprint density at radius 2 is 1.77 bits per heavy atom. The quantitative estimate of drug-likeness (QED) is 0.778. The van der Waals surface area contributed by atoms with Gasteiger partial charge in [-0.15, -0.1) is 0 Å². The molecule has 4 N–H and O–H groups in total. The maximum absolute atomic E-state index is 12.6. The van der Waals surface area contributed by atoms with Crippen molar-refractivity contribution in [3.63, 3.8) is 0 Å². The molecule has 1 aromatic heterocycles. The van der Waals surface area contributed by atoms with Crippen LogP contribution in [0.4, 0.5) is 23.7 Å². The summed E-state index contributed by atoms with van der Waals surface area (Å²) in [5, 5.41) is 9.13. The predicted molar refractivity (Wildman–Crippen MR) is 91.0 cm³/mol. The van der Waals surface area contributed by atoms with Crippen molar-refractivity contribution in [3.8, 4) is 5.69 Å². The fraction of sp³-hybridized carbons (Fsp3) is 0.412. The lowest BCUT2D eigenvalue weighted by atomic mass is 9.92. The largest absolute Gasteiger partial charge is 0.435 e. The van der Waals surface area contributed by atoms with E-state index in [4.69, 9.17) is 5.73 Å². The van der Waals surface area contributed by atoms with Crippen molar-refractivity contribution in [2.45, 2.75) is 43.9 Å². The molecule has 1 aromatic carbocycles. The van der Waals surface area contributed by atoms with Gasteiger partial charge in [-0.25, -0.2) is 9.48 Å². The first-order valence-corrected chi connectivity index (χ1v) is 8.37. The maximum atomic E-state index is 12.6. The summed E-state index contributed by atoms with van der Waals surface area (Å²) in [5.41, 5.74) is 5.90. The van der Waals surface area contributed by atoms with E-state index in [1.807, 2.05) is 0 Å². The minimum absolute atomic E-state index is 0.110. The number of rotatable bonds is 3. The summed E-state index contributed by atoms with van der Waals surface area (Å²) in [5.74, 6) is 0. The number of aromatic nitrogens is 2. The van der Waals surface area contributed by atoms with Crippen molar-refractivity contribution in [3.05, 3.63) is 42.2 Å². The van der Waals surface area contributed by atoms with Gasteiger partial charge in [0.2, 0.25) is 0 Å². The molecule has 0 saturated heterocycles. The molecule has 26 heavy (non-hydrogen) atoms. The molecule has 2 aromatic rings. The van der Waals surface area contributed by atoms with Gasteiger partial charge in [0, 0.05) is 24.0 Å². The first-order chi connectivity index (χ1) is 12.3. The molecular formula is C17H20F3N5O. The lowest BCUT2D eigenvalue weighted by Crippen LogP contribution is -2.42. The van der Waals surface area contributed by atoms with Crippen molar-refractivity contribution >= 4 is 11.7 Å². The zero-order chi connectivity index (χ0) is 18.7. The fourth-order valence-electron chi connectivity index (χ4n) is 2.93. The molecule has 0 atom stereocenters. The van der Waals surface area contributed by atoms with Crippen LogP contribution in [0.15, 0.2) is 36.5 Å². The van der Waals surface area contributed by atoms with E-state index in [0.29, 0.717) is 11.4 Å². The average molecular weight is 367 g/mol. The number of carbonyl (C=O) groups is 1. The van der Waals surface area contributed by atoms with Crippen molar-refractivity contribution in [2.75, 3.05) is 5.32 Å². The van der Waals surface area contributed by atoms with Crippen LogP contribution < -0.4 is 16.4 Å². The summed E-state index contributed by atoms with van der Waals surface area (Å²) < 4.78 is 38.9. The molecular weight excluding hydrogens is 347 g/mol. The Balaban J connectivity index is 1.57. The Morgan fingerprint density at radius 3 is 2.35 bits per heavy atom. The fourth-order valence-corrected chi connectivity index (χ4v) is 2.93. The summed E-state index contributed by atoms with van der Waals surface area (Å²) in [6.07, 6.45) is 0.259. The van der Waals surface area contributed by atoms with E-state index < -0.39 is 11.9 Å². The summed E-state index contributed by atoms with van der Waals surface area (Å²) in [4.78, 5) is 12.0. The van der Waals surface area contributed by atoms with E-state index in [9.17, 15) is 18.0 Å². The molecule has 0 bridgehead atoms. The van der Waals surface area contributed by atoms with Crippen LogP contribution in [-0.2, 0) is 6.18 Å². The summed E-state index contributed by atoms with van der Waals surface area (Å²) >= 11 is 0. The normalized spacial score (nSPS) is 20.6. The predicted octanol–water partition coefficient (Wildman–Crippen LogP) is 3.28. The molecule has 9 heteroatoms. The smallest absolute Gasteiger partial charge is 0.335 e. The van der Waals surface area contributed by atoms with Gasteiger partial charge in [-0.2, -0.15) is 18.3 Å². The van der Waals surface area contributed by atoms with Gasteiger partial charge in [-0.1, -0.05) is 0 Å². The highest BCUT2D eigenvalue weighted by atomic mass is 19.4. The van der Waals surface area contributed by atoms with Gasteiger partial charge < -0.3 is 16.4 Å². The number of carbonyl (C=O) groups excluding carboxylic acids is 1. The highest BCUT2D eigenvalue weighted by Gasteiger charge is 2.33. The number of amides is 2. The monoisotopic (exact) mass is 367 g/mol. The molecule has 2 amide bonds. The topological polar surface area (TPSA) is 85.0 Å². The second-order valence-electron chi connectivity index (χ2n) is 6.40. The van der Waals surface area contributed by atoms with Gasteiger partial charge in [-0.05, 0) is 56.0 Å². The molecule has 1 fully saturated rings. The van der Waals surface area contributed by atoms with Crippen LogP contribution in [0.2, 0.25) is 0 Å². The SMILES string of the molecule is NC1CCC(NC(=O)Nc2ccc(-n3ccc(C(F)(F)F)n3)cc2)CC1. The Labute approximate surface area is 148 Å². The number of benzene rings is 1. The van der Waals surface area contributed by atoms with Gasteiger partial charge in [0.25, 0.3) is 0 Å². The number of anilines is 1. The molecule has 0 radical (unpaired) electrons. The van der Waals surface area contributed by atoms with Crippen molar-refractivity contribution < 1.29 is 18.0 Å². The number of urea groups is 1. The lowest BCUT2D eigenvalue weighted by molar-refractivity contribution is -0.141. The summed E-state index contributed by atoms with van der Waals surface area (Å²) in [7, 11) is 0. The minimum atomic E-state index is -4.48. The Kier molecular flexibility index (Phi) is 5.17. The molecule has 1 heterocycles. The van der Waals surface area contributed by atoms with E-state index in [0.717, 1.165) is 36.4 Å². The van der Waals surface area contributed by atoms with Gasteiger partial charge in [-0.3, -0.25) is 0 Å². The summed E-state index contributed by atoms with van der Waals surface area (Å²) in [6, 6.07) is 7.32. The highest BCUT2D eigenvalue weighted by molar-refractivity contribution is 5.89. The van der Waals surface area contributed by atoms with Crippen molar-refractivity contribution in [2.24, 2.45) is 5.73 Å². The lowest BCUT2D eigenvalue weighted by Gasteiger charge is -2.26. The molecule has 3 rings (SSSR count). The van der Waals surface area contributed by atoms with E-state index in [2.05, 4.69) is 15.7 Å². The van der Waals surface area contributed by atoms with Crippen LogP contribution in [0.1, 0.15) is 31.4 Å². The molecule has 0 spiro atoms. The first kappa shape index (κ1) is 18.2. The zero-order valence-electron chi connectivity index (χ0n) is 14.0. The maximum Gasteiger partial charge on any atom is 0.435 e. The van der Waals surface area contributed by atoms with E-state index in [-0.39, 0.29) is 18.1 Å². The number of halogens is 3. The average Bonchev–Trinajstić information content (AvgIpc) is 3.08. The molecule has 1 aliphatic rings. The van der Waals surface area contributed by atoms with Crippen LogP contribution in [0, 0.1) is 0 Å². The number of nitrogens with one attached hydrogen (secondary N) is 2. The third kappa shape index (κ3) is 4.54. The number of nitrogens with zero attached hydrogens (tertiary/aromatic N) is 2. The van der Waals surface area contributed by atoms with Crippen LogP contribution in [-0.4, -0.2) is 27.9 Å². The van der Waals surface area contributed by atoms with Crippen LogP contribution >= 0.6 is 0 Å². The summed E-state index contributed by atoms with van der Waals surface area (Å²) in [6.45, 7) is 0. The van der Waals surface area contributed by atoms with E-state index >= 15 is 0 Å². The van der Waals surface area contributed by atoms with Gasteiger partial charge in [0.1, 0.15) is 0 Å². The minimum Gasteiger partial charge on any atom is -0.335 e. The number of hydrogen-bond donors (Lipinski definition) is 3. The molecule has 0 aliphatic heterocycles. The van der Waals surface area contributed by atoms with Crippen molar-refractivity contribution in [1.29, 1.82) is 0 Å². The Bertz CT molecular complexity index is 749. The second kappa shape index (κ2) is 7.36. The van der Waals surface area contributed by atoms with Crippen LogP contribution in [0.25, 0.3) is 5.69 Å². The number of nitrogens with two attached hydrogens (primary N) is 1. The first-order valence-electron chi connectivity index (χ1n) is 8.37. The highest BCUT2D eigenvalue weighted by Crippen LogP contribution is 2.28.